The van der Waals surface area contributed by atoms with Crippen molar-refractivity contribution in [2.75, 3.05) is 24.2 Å². The van der Waals surface area contributed by atoms with E-state index in [2.05, 4.69) is 25.3 Å². The minimum absolute atomic E-state index is 0.194. The van der Waals surface area contributed by atoms with Crippen molar-refractivity contribution in [1.29, 1.82) is 0 Å². The number of ether oxygens (including phenoxy) is 2. The number of fused-ring (bicyclic) bond motifs is 2. The van der Waals surface area contributed by atoms with Crippen LogP contribution in [0.5, 0.6) is 5.75 Å². The summed E-state index contributed by atoms with van der Waals surface area (Å²) in [5, 5.41) is 4.85. The SMILES string of the molecule is CCNc1ccc2ccc(OC[C@H]3O[C@@H](n4cc(-c5cn(C)cn5)c5c(N)ncnc54)[C@@H](F)[C@@H]3C)cc2n1. The van der Waals surface area contributed by atoms with Gasteiger partial charge in [-0.05, 0) is 31.2 Å². The molecule has 38 heavy (non-hydrogen) atoms. The first-order chi connectivity index (χ1) is 18.4. The largest absolute Gasteiger partial charge is 0.491 e. The Kier molecular flexibility index (Phi) is 6.07. The lowest BCUT2D eigenvalue weighted by molar-refractivity contribution is -0.0334. The summed E-state index contributed by atoms with van der Waals surface area (Å²) in [6.45, 7) is 4.84. The predicted molar refractivity (Wildman–Crippen MR) is 144 cm³/mol. The Morgan fingerprint density at radius 2 is 2.00 bits per heavy atom. The van der Waals surface area contributed by atoms with E-state index >= 15 is 4.39 Å². The van der Waals surface area contributed by atoms with Crippen LogP contribution in [0.1, 0.15) is 20.1 Å². The minimum atomic E-state index is -1.28. The van der Waals surface area contributed by atoms with Gasteiger partial charge in [0.2, 0.25) is 0 Å². The monoisotopic (exact) mass is 516 g/mol. The highest BCUT2D eigenvalue weighted by Crippen LogP contribution is 2.41. The minimum Gasteiger partial charge on any atom is -0.491 e. The number of alkyl halides is 1. The number of aryl methyl sites for hydroxylation is 1. The molecular weight excluding hydrogens is 487 g/mol. The first kappa shape index (κ1) is 24.1. The molecule has 1 aliphatic heterocycles. The topological polar surface area (TPSA) is 118 Å². The zero-order chi connectivity index (χ0) is 26.4. The zero-order valence-corrected chi connectivity index (χ0v) is 21.4. The van der Waals surface area contributed by atoms with Gasteiger partial charge < -0.3 is 29.7 Å². The molecule has 1 saturated heterocycles. The van der Waals surface area contributed by atoms with Gasteiger partial charge in [0.05, 0.1) is 29.0 Å². The number of nitrogen functional groups attached to an aromatic ring is 1. The molecule has 5 aromatic rings. The van der Waals surface area contributed by atoms with E-state index in [9.17, 15) is 0 Å². The van der Waals surface area contributed by atoms with E-state index in [0.717, 1.165) is 28.8 Å². The van der Waals surface area contributed by atoms with Gasteiger partial charge >= 0.3 is 0 Å². The molecule has 4 aromatic heterocycles. The Balaban J connectivity index is 1.25. The molecule has 5 heterocycles. The van der Waals surface area contributed by atoms with Crippen LogP contribution in [0.2, 0.25) is 0 Å². The number of imidazole rings is 1. The maximum atomic E-state index is 15.7. The highest BCUT2D eigenvalue weighted by Gasteiger charge is 2.44. The molecule has 0 saturated carbocycles. The maximum Gasteiger partial charge on any atom is 0.167 e. The van der Waals surface area contributed by atoms with Crippen LogP contribution < -0.4 is 15.8 Å². The molecule has 0 radical (unpaired) electrons. The number of rotatable bonds is 7. The fourth-order valence-corrected chi connectivity index (χ4v) is 4.95. The standard InChI is InChI=1S/C27H29FN8O2/c1-4-30-22-8-6-16-5-7-17(9-19(16)34-22)37-12-21-15(2)24(28)27(38-21)36-10-18(20-11-35(3)14-33-20)23-25(29)31-13-32-26(23)36/h5-11,13-15,21,24,27H,4,12H2,1-3H3,(H,30,34)(H2,29,31,32)/t15-,21-,24+,27-/m1/s1. The van der Waals surface area contributed by atoms with Gasteiger partial charge in [-0.1, -0.05) is 6.92 Å². The van der Waals surface area contributed by atoms with Gasteiger partial charge in [-0.2, -0.15) is 0 Å². The molecule has 196 valence electrons. The number of nitrogens with two attached hydrogens (primary N) is 1. The van der Waals surface area contributed by atoms with E-state index in [1.165, 1.54) is 6.33 Å². The van der Waals surface area contributed by atoms with Crippen molar-refractivity contribution >= 4 is 33.6 Å². The van der Waals surface area contributed by atoms with Crippen LogP contribution in [0.4, 0.5) is 16.0 Å². The number of halogens is 1. The van der Waals surface area contributed by atoms with E-state index < -0.39 is 24.4 Å². The Morgan fingerprint density at radius 1 is 1.16 bits per heavy atom. The van der Waals surface area contributed by atoms with Gasteiger partial charge in [-0.15, -0.1) is 0 Å². The van der Waals surface area contributed by atoms with Crippen molar-refractivity contribution in [1.82, 2.24) is 29.1 Å². The van der Waals surface area contributed by atoms with Crippen LogP contribution in [0.15, 0.2) is 55.4 Å². The second kappa shape index (κ2) is 9.56. The molecule has 6 rings (SSSR count). The van der Waals surface area contributed by atoms with Crippen molar-refractivity contribution < 1.29 is 13.9 Å². The van der Waals surface area contributed by atoms with E-state index in [-0.39, 0.29) is 6.61 Å². The summed E-state index contributed by atoms with van der Waals surface area (Å²) < 4.78 is 31.5. The molecule has 0 amide bonds. The number of pyridine rings is 1. The quantitative estimate of drug-likeness (QED) is 0.328. The summed E-state index contributed by atoms with van der Waals surface area (Å²) in [4.78, 5) is 17.6. The summed E-state index contributed by atoms with van der Waals surface area (Å²) >= 11 is 0. The number of hydrogen-bond acceptors (Lipinski definition) is 8. The predicted octanol–water partition coefficient (Wildman–Crippen LogP) is 4.34. The summed E-state index contributed by atoms with van der Waals surface area (Å²) in [6.07, 6.45) is 4.08. The maximum absolute atomic E-state index is 15.7. The van der Waals surface area contributed by atoms with E-state index in [4.69, 9.17) is 15.2 Å². The van der Waals surface area contributed by atoms with Crippen molar-refractivity contribution in [2.24, 2.45) is 13.0 Å². The fraction of sp³-hybridized carbons (Fsp3) is 0.333. The molecule has 3 N–H and O–H groups in total. The molecule has 4 atom stereocenters. The average molecular weight is 517 g/mol. The van der Waals surface area contributed by atoms with E-state index in [0.29, 0.717) is 28.3 Å². The molecule has 1 aliphatic rings. The number of aromatic nitrogens is 6. The first-order valence-corrected chi connectivity index (χ1v) is 12.6. The van der Waals surface area contributed by atoms with Gasteiger partial charge in [-0.25, -0.2) is 24.3 Å². The van der Waals surface area contributed by atoms with Crippen LogP contribution in [0.25, 0.3) is 33.2 Å². The summed E-state index contributed by atoms with van der Waals surface area (Å²) in [7, 11) is 1.88. The van der Waals surface area contributed by atoms with Gasteiger partial charge in [0.25, 0.3) is 0 Å². The number of nitrogens with zero attached hydrogens (tertiary/aromatic N) is 6. The molecule has 0 aliphatic carbocycles. The lowest BCUT2D eigenvalue weighted by atomic mass is 10.0. The summed E-state index contributed by atoms with van der Waals surface area (Å²) in [5.41, 5.74) is 8.95. The molecule has 1 aromatic carbocycles. The lowest BCUT2D eigenvalue weighted by Crippen LogP contribution is -2.25. The Bertz CT molecular complexity index is 1620. The number of nitrogens with one attached hydrogen (secondary N) is 1. The van der Waals surface area contributed by atoms with Crippen molar-refractivity contribution in [3.05, 3.63) is 55.4 Å². The Hall–Kier alpha value is -4.25. The molecule has 0 bridgehead atoms. The average Bonchev–Trinajstić information content (AvgIpc) is 3.59. The molecule has 0 spiro atoms. The van der Waals surface area contributed by atoms with Crippen LogP contribution in [0.3, 0.4) is 0 Å². The van der Waals surface area contributed by atoms with E-state index in [1.54, 1.807) is 17.1 Å². The third-order valence-corrected chi connectivity index (χ3v) is 7.00. The van der Waals surface area contributed by atoms with Gasteiger partial charge in [0.15, 0.2) is 12.4 Å². The second-order valence-electron chi connectivity index (χ2n) is 9.59. The second-order valence-corrected chi connectivity index (χ2v) is 9.59. The normalized spacial score (nSPS) is 21.4. The van der Waals surface area contributed by atoms with Gasteiger partial charge in [-0.3, -0.25) is 0 Å². The first-order valence-electron chi connectivity index (χ1n) is 12.6. The Labute approximate surface area is 218 Å². The highest BCUT2D eigenvalue weighted by atomic mass is 19.1. The van der Waals surface area contributed by atoms with Crippen molar-refractivity contribution in [3.63, 3.8) is 0 Å². The zero-order valence-electron chi connectivity index (χ0n) is 21.4. The number of hydrogen-bond donors (Lipinski definition) is 2. The van der Waals surface area contributed by atoms with Crippen LogP contribution in [-0.2, 0) is 11.8 Å². The molecule has 11 heteroatoms. The molecular formula is C27H29FN8O2. The van der Waals surface area contributed by atoms with Crippen LogP contribution >= 0.6 is 0 Å². The Morgan fingerprint density at radius 3 is 2.79 bits per heavy atom. The van der Waals surface area contributed by atoms with Crippen LogP contribution in [-0.4, -0.2) is 54.5 Å². The fourth-order valence-electron chi connectivity index (χ4n) is 4.95. The smallest absolute Gasteiger partial charge is 0.167 e. The third kappa shape index (κ3) is 4.18. The van der Waals surface area contributed by atoms with Crippen molar-refractivity contribution in [3.8, 4) is 17.0 Å². The van der Waals surface area contributed by atoms with Gasteiger partial charge in [0.1, 0.15) is 36.0 Å². The van der Waals surface area contributed by atoms with Crippen LogP contribution in [0, 0.1) is 5.92 Å². The summed E-state index contributed by atoms with van der Waals surface area (Å²) in [5.74, 6) is 1.35. The van der Waals surface area contributed by atoms with Gasteiger partial charge in [0, 0.05) is 48.9 Å². The number of benzene rings is 1. The lowest BCUT2D eigenvalue weighted by Gasteiger charge is -2.17. The van der Waals surface area contributed by atoms with E-state index in [1.807, 2.05) is 62.0 Å². The highest BCUT2D eigenvalue weighted by molar-refractivity contribution is 5.99. The molecule has 10 nitrogen and oxygen atoms in total. The molecule has 1 fully saturated rings. The van der Waals surface area contributed by atoms with Crippen molar-refractivity contribution in [2.45, 2.75) is 32.4 Å². The third-order valence-electron chi connectivity index (χ3n) is 7.00. The molecule has 0 unspecified atom stereocenters. The number of anilines is 2. The summed E-state index contributed by atoms with van der Waals surface area (Å²) in [6, 6.07) is 9.70.